The molecule has 2 rings (SSSR count). The Labute approximate surface area is 73.4 Å². The molecule has 2 unspecified atom stereocenters. The van der Waals surface area contributed by atoms with Gasteiger partial charge in [-0.15, -0.1) is 0 Å². The van der Waals surface area contributed by atoms with Crippen molar-refractivity contribution in [3.63, 3.8) is 0 Å². The lowest BCUT2D eigenvalue weighted by Gasteiger charge is -2.17. The molecule has 2 nitrogen and oxygen atoms in total. The van der Waals surface area contributed by atoms with Crippen LogP contribution in [0.1, 0.15) is 38.8 Å². The lowest BCUT2D eigenvalue weighted by Crippen LogP contribution is -2.08. The molecular weight excluding hydrogens is 148 g/mol. The van der Waals surface area contributed by atoms with Gasteiger partial charge in [0.25, 0.3) is 0 Å². The van der Waals surface area contributed by atoms with Crippen molar-refractivity contribution in [1.29, 1.82) is 0 Å². The number of nitrogens with one attached hydrogen (secondary N) is 1. The van der Waals surface area contributed by atoms with Crippen molar-refractivity contribution >= 4 is 0 Å². The maximum Gasteiger partial charge on any atom is 0.0921 e. The second-order valence-electron chi connectivity index (χ2n) is 4.82. The Bertz CT molecular complexity index is 256. The van der Waals surface area contributed by atoms with E-state index < -0.39 is 0 Å². The minimum atomic E-state index is 0.454. The number of rotatable bonds is 1. The number of imidazole rings is 1. The lowest BCUT2D eigenvalue weighted by atomic mass is 9.88. The van der Waals surface area contributed by atoms with E-state index in [2.05, 4.69) is 30.7 Å². The van der Waals surface area contributed by atoms with Crippen molar-refractivity contribution in [1.82, 2.24) is 9.97 Å². The molecule has 1 aliphatic carbocycles. The molecule has 0 aliphatic heterocycles. The number of hydrogen-bond acceptors (Lipinski definition) is 1. The third kappa shape index (κ3) is 1.26. The van der Waals surface area contributed by atoms with Gasteiger partial charge >= 0.3 is 0 Å². The van der Waals surface area contributed by atoms with Gasteiger partial charge in [0.15, 0.2) is 0 Å². The highest BCUT2D eigenvalue weighted by Gasteiger charge is 2.46. The standard InChI is InChI=1S/C10H16N2/c1-10(2,3)8-4-7(8)9-5-11-6-12-9/h5-8H,4H2,1-3H3,(H,11,12). The number of aromatic nitrogens is 2. The van der Waals surface area contributed by atoms with E-state index in [9.17, 15) is 0 Å². The molecule has 0 radical (unpaired) electrons. The van der Waals surface area contributed by atoms with Crippen LogP contribution in [0.3, 0.4) is 0 Å². The molecule has 12 heavy (non-hydrogen) atoms. The zero-order valence-corrected chi connectivity index (χ0v) is 7.96. The number of H-pyrrole nitrogens is 1. The van der Waals surface area contributed by atoms with Gasteiger partial charge in [0.1, 0.15) is 0 Å². The molecule has 0 aromatic carbocycles. The van der Waals surface area contributed by atoms with Gasteiger partial charge in [0.05, 0.1) is 6.33 Å². The molecule has 1 heterocycles. The van der Waals surface area contributed by atoms with E-state index in [0.29, 0.717) is 5.41 Å². The summed E-state index contributed by atoms with van der Waals surface area (Å²) in [6, 6.07) is 0. The smallest absolute Gasteiger partial charge is 0.0921 e. The Balaban J connectivity index is 2.06. The monoisotopic (exact) mass is 164 g/mol. The quantitative estimate of drug-likeness (QED) is 0.679. The molecule has 1 aliphatic rings. The van der Waals surface area contributed by atoms with Crippen LogP contribution in [0.2, 0.25) is 0 Å². The predicted octanol–water partition coefficient (Wildman–Crippen LogP) is 2.56. The van der Waals surface area contributed by atoms with Gasteiger partial charge in [0, 0.05) is 17.8 Å². The third-order valence-corrected chi connectivity index (χ3v) is 2.82. The zero-order valence-electron chi connectivity index (χ0n) is 7.96. The third-order valence-electron chi connectivity index (χ3n) is 2.82. The Morgan fingerprint density at radius 1 is 1.50 bits per heavy atom. The first-order chi connectivity index (χ1) is 5.59. The van der Waals surface area contributed by atoms with Crippen LogP contribution in [-0.4, -0.2) is 9.97 Å². The number of aromatic amines is 1. The van der Waals surface area contributed by atoms with Crippen LogP contribution < -0.4 is 0 Å². The normalized spacial score (nSPS) is 28.9. The average molecular weight is 164 g/mol. The molecule has 66 valence electrons. The Hall–Kier alpha value is -0.790. The molecule has 1 aromatic heterocycles. The summed E-state index contributed by atoms with van der Waals surface area (Å²) in [5.74, 6) is 1.59. The maximum atomic E-state index is 4.04. The second-order valence-corrected chi connectivity index (χ2v) is 4.82. The predicted molar refractivity (Wildman–Crippen MR) is 48.9 cm³/mol. The second kappa shape index (κ2) is 2.35. The van der Waals surface area contributed by atoms with E-state index in [0.717, 1.165) is 11.8 Å². The molecule has 0 amide bonds. The van der Waals surface area contributed by atoms with E-state index in [1.807, 2.05) is 6.20 Å². The molecule has 1 fully saturated rings. The molecular formula is C10H16N2. The Morgan fingerprint density at radius 2 is 2.25 bits per heavy atom. The first-order valence-corrected chi connectivity index (χ1v) is 4.57. The number of nitrogens with zero attached hydrogens (tertiary/aromatic N) is 1. The molecule has 0 spiro atoms. The van der Waals surface area contributed by atoms with Crippen molar-refractivity contribution < 1.29 is 0 Å². The van der Waals surface area contributed by atoms with E-state index >= 15 is 0 Å². The Morgan fingerprint density at radius 3 is 2.67 bits per heavy atom. The zero-order chi connectivity index (χ0) is 8.77. The first-order valence-electron chi connectivity index (χ1n) is 4.57. The molecule has 0 bridgehead atoms. The molecule has 2 atom stereocenters. The summed E-state index contributed by atoms with van der Waals surface area (Å²) in [6.07, 6.45) is 5.05. The summed E-state index contributed by atoms with van der Waals surface area (Å²) in [5, 5.41) is 0. The number of hydrogen-bond donors (Lipinski definition) is 1. The van der Waals surface area contributed by atoms with Gasteiger partial charge in [-0.3, -0.25) is 0 Å². The first kappa shape index (κ1) is 7.84. The maximum absolute atomic E-state index is 4.04. The van der Waals surface area contributed by atoms with Gasteiger partial charge in [0.2, 0.25) is 0 Å². The summed E-state index contributed by atoms with van der Waals surface area (Å²) in [4.78, 5) is 7.23. The topological polar surface area (TPSA) is 28.7 Å². The van der Waals surface area contributed by atoms with Crippen molar-refractivity contribution in [2.75, 3.05) is 0 Å². The fourth-order valence-corrected chi connectivity index (χ4v) is 1.97. The van der Waals surface area contributed by atoms with Gasteiger partial charge < -0.3 is 4.98 Å². The fraction of sp³-hybridized carbons (Fsp3) is 0.700. The van der Waals surface area contributed by atoms with Crippen molar-refractivity contribution in [3.8, 4) is 0 Å². The molecule has 1 aromatic rings. The molecule has 1 N–H and O–H groups in total. The molecule has 1 saturated carbocycles. The fourth-order valence-electron chi connectivity index (χ4n) is 1.97. The Kier molecular flexibility index (Phi) is 1.53. The summed E-state index contributed by atoms with van der Waals surface area (Å²) < 4.78 is 0. The minimum Gasteiger partial charge on any atom is -0.348 e. The summed E-state index contributed by atoms with van der Waals surface area (Å²) in [5.41, 5.74) is 1.77. The largest absolute Gasteiger partial charge is 0.348 e. The van der Waals surface area contributed by atoms with E-state index in [1.54, 1.807) is 6.33 Å². The summed E-state index contributed by atoms with van der Waals surface area (Å²) in [7, 11) is 0. The minimum absolute atomic E-state index is 0.454. The summed E-state index contributed by atoms with van der Waals surface area (Å²) in [6.45, 7) is 6.94. The van der Waals surface area contributed by atoms with E-state index in [1.165, 1.54) is 12.1 Å². The van der Waals surface area contributed by atoms with Gasteiger partial charge in [-0.1, -0.05) is 20.8 Å². The SMILES string of the molecule is CC(C)(C)C1CC1c1cnc[nH]1. The highest BCUT2D eigenvalue weighted by Crippen LogP contribution is 2.55. The van der Waals surface area contributed by atoms with Crippen LogP contribution in [0.4, 0.5) is 0 Å². The average Bonchev–Trinajstić information content (AvgIpc) is 2.60. The van der Waals surface area contributed by atoms with Crippen LogP contribution in [0.25, 0.3) is 0 Å². The van der Waals surface area contributed by atoms with Crippen molar-refractivity contribution in [2.24, 2.45) is 11.3 Å². The van der Waals surface area contributed by atoms with E-state index in [4.69, 9.17) is 0 Å². The van der Waals surface area contributed by atoms with Gasteiger partial charge in [-0.2, -0.15) is 0 Å². The van der Waals surface area contributed by atoms with Crippen LogP contribution in [0.15, 0.2) is 12.5 Å². The summed E-state index contributed by atoms with van der Waals surface area (Å²) >= 11 is 0. The lowest BCUT2D eigenvalue weighted by molar-refractivity contribution is 0.343. The van der Waals surface area contributed by atoms with Crippen molar-refractivity contribution in [2.45, 2.75) is 33.1 Å². The van der Waals surface area contributed by atoms with E-state index in [-0.39, 0.29) is 0 Å². The van der Waals surface area contributed by atoms with Crippen LogP contribution in [0.5, 0.6) is 0 Å². The van der Waals surface area contributed by atoms with Crippen LogP contribution >= 0.6 is 0 Å². The van der Waals surface area contributed by atoms with Crippen molar-refractivity contribution in [3.05, 3.63) is 18.2 Å². The molecule has 2 heteroatoms. The molecule has 0 saturated heterocycles. The highest BCUT2D eigenvalue weighted by molar-refractivity contribution is 5.16. The van der Waals surface area contributed by atoms with Gasteiger partial charge in [-0.25, -0.2) is 4.98 Å². The van der Waals surface area contributed by atoms with Gasteiger partial charge in [-0.05, 0) is 17.8 Å². The van der Waals surface area contributed by atoms with Crippen LogP contribution in [0, 0.1) is 11.3 Å². The van der Waals surface area contributed by atoms with Crippen LogP contribution in [-0.2, 0) is 0 Å². The highest BCUT2D eigenvalue weighted by atomic mass is 14.9.